The molecule has 0 N–H and O–H groups in total. The van der Waals surface area contributed by atoms with Gasteiger partial charge in [-0.3, -0.25) is 0 Å². The fourth-order valence-electron chi connectivity index (χ4n) is 0.676. The van der Waals surface area contributed by atoms with Gasteiger partial charge in [-0.1, -0.05) is 0 Å². The topological polar surface area (TPSA) is 39.2 Å². The van der Waals surface area contributed by atoms with Crippen molar-refractivity contribution in [2.24, 2.45) is 0 Å². The Bertz CT molecular complexity index is 320. The molecule has 0 saturated carbocycles. The van der Waals surface area contributed by atoms with Gasteiger partial charge in [0.25, 0.3) is 0 Å². The third-order valence-electron chi connectivity index (χ3n) is 1.15. The number of rotatable bonds is 2. The second-order valence-electron chi connectivity index (χ2n) is 1.88. The summed E-state index contributed by atoms with van der Waals surface area (Å²) in [5.74, 6) is -0.524. The molecule has 0 radical (unpaired) electrons. The van der Waals surface area contributed by atoms with Crippen LogP contribution in [0, 0.1) is 5.82 Å². The van der Waals surface area contributed by atoms with E-state index in [-0.39, 0.29) is 10.8 Å². The molecule has 0 aromatic carbocycles. The smallest absolute Gasteiger partial charge is 0.231 e. The molecule has 1 aromatic rings. The SMILES string of the molecule is COc1ncc(F)cc1S(=O)Cl. The van der Waals surface area contributed by atoms with Gasteiger partial charge in [0.05, 0.1) is 13.3 Å². The van der Waals surface area contributed by atoms with Crippen LogP contribution in [-0.4, -0.2) is 16.3 Å². The average molecular weight is 210 g/mol. The number of pyridine rings is 1. The third-order valence-corrected chi connectivity index (χ3v) is 2.29. The van der Waals surface area contributed by atoms with Crippen LogP contribution in [-0.2, 0) is 10.0 Å². The quantitative estimate of drug-likeness (QED) is 0.693. The Balaban J connectivity index is 3.21. The second kappa shape index (κ2) is 3.82. The summed E-state index contributed by atoms with van der Waals surface area (Å²) in [7, 11) is 4.78. The molecule has 0 amide bonds. The molecular weight excluding hydrogens is 205 g/mol. The number of halogens is 2. The normalized spacial score (nSPS) is 12.6. The van der Waals surface area contributed by atoms with E-state index < -0.39 is 15.8 Å². The molecule has 0 aliphatic heterocycles. The zero-order chi connectivity index (χ0) is 9.14. The van der Waals surface area contributed by atoms with Gasteiger partial charge < -0.3 is 4.74 Å². The lowest BCUT2D eigenvalue weighted by Crippen LogP contribution is -1.95. The van der Waals surface area contributed by atoms with Crippen LogP contribution in [0.2, 0.25) is 0 Å². The van der Waals surface area contributed by atoms with Crippen LogP contribution in [0.15, 0.2) is 17.2 Å². The molecule has 0 aliphatic carbocycles. The molecule has 0 fully saturated rings. The van der Waals surface area contributed by atoms with Gasteiger partial charge in [-0.2, -0.15) is 0 Å². The van der Waals surface area contributed by atoms with Crippen molar-refractivity contribution in [3.05, 3.63) is 18.1 Å². The van der Waals surface area contributed by atoms with E-state index in [9.17, 15) is 8.60 Å². The number of ether oxygens (including phenoxy) is 1. The molecule has 0 bridgehead atoms. The lowest BCUT2D eigenvalue weighted by Gasteiger charge is -2.01. The van der Waals surface area contributed by atoms with Gasteiger partial charge >= 0.3 is 0 Å². The largest absolute Gasteiger partial charge is 0.480 e. The van der Waals surface area contributed by atoms with Crippen molar-refractivity contribution in [1.82, 2.24) is 4.98 Å². The molecule has 6 heteroatoms. The minimum absolute atomic E-state index is 0.0409. The van der Waals surface area contributed by atoms with Crippen LogP contribution in [0.25, 0.3) is 0 Å². The maximum Gasteiger partial charge on any atom is 0.231 e. The van der Waals surface area contributed by atoms with E-state index in [2.05, 4.69) is 4.98 Å². The van der Waals surface area contributed by atoms with Crippen LogP contribution in [0.3, 0.4) is 0 Å². The number of nitrogens with zero attached hydrogens (tertiary/aromatic N) is 1. The minimum Gasteiger partial charge on any atom is -0.480 e. The Labute approximate surface area is 75.5 Å². The molecule has 0 saturated heterocycles. The highest BCUT2D eigenvalue weighted by molar-refractivity contribution is 8.08. The highest BCUT2D eigenvalue weighted by Gasteiger charge is 2.10. The zero-order valence-electron chi connectivity index (χ0n) is 6.08. The number of hydrogen-bond donors (Lipinski definition) is 0. The third kappa shape index (κ3) is 1.92. The summed E-state index contributed by atoms with van der Waals surface area (Å²) in [5.41, 5.74) is 0. The molecule has 0 spiro atoms. The first-order valence-electron chi connectivity index (χ1n) is 2.92. The Morgan fingerprint density at radius 2 is 2.42 bits per heavy atom. The van der Waals surface area contributed by atoms with E-state index in [1.165, 1.54) is 7.11 Å². The van der Waals surface area contributed by atoms with Gasteiger partial charge in [0.2, 0.25) is 5.88 Å². The molecule has 66 valence electrons. The predicted octanol–water partition coefficient (Wildman–Crippen LogP) is 1.49. The Hall–Kier alpha value is -0.680. The van der Waals surface area contributed by atoms with E-state index in [4.69, 9.17) is 15.4 Å². The van der Waals surface area contributed by atoms with Crippen molar-refractivity contribution < 1.29 is 13.3 Å². The van der Waals surface area contributed by atoms with Gasteiger partial charge in [0.1, 0.15) is 10.7 Å². The highest BCUT2D eigenvalue weighted by Crippen LogP contribution is 2.21. The van der Waals surface area contributed by atoms with Crippen molar-refractivity contribution in [1.29, 1.82) is 0 Å². The lowest BCUT2D eigenvalue weighted by atomic mass is 10.5. The van der Waals surface area contributed by atoms with E-state index in [1.54, 1.807) is 0 Å². The Morgan fingerprint density at radius 3 is 2.92 bits per heavy atom. The fraction of sp³-hybridized carbons (Fsp3) is 0.167. The van der Waals surface area contributed by atoms with Crippen molar-refractivity contribution in [3.8, 4) is 5.88 Å². The minimum atomic E-state index is -1.81. The first kappa shape index (κ1) is 9.41. The van der Waals surface area contributed by atoms with E-state index in [0.29, 0.717) is 0 Å². The Kier molecular flexibility index (Phi) is 2.99. The summed E-state index contributed by atoms with van der Waals surface area (Å²) in [6.45, 7) is 0. The molecule has 0 aliphatic rings. The number of methoxy groups -OCH3 is 1. The van der Waals surface area contributed by atoms with Gasteiger partial charge in [-0.15, -0.1) is 0 Å². The van der Waals surface area contributed by atoms with Gasteiger partial charge in [0.15, 0.2) is 10.0 Å². The van der Waals surface area contributed by atoms with Gasteiger partial charge in [0, 0.05) is 0 Å². The first-order chi connectivity index (χ1) is 5.65. The van der Waals surface area contributed by atoms with E-state index in [0.717, 1.165) is 12.3 Å². The van der Waals surface area contributed by atoms with Crippen molar-refractivity contribution in [3.63, 3.8) is 0 Å². The van der Waals surface area contributed by atoms with Crippen molar-refractivity contribution >= 4 is 20.7 Å². The van der Waals surface area contributed by atoms with Crippen LogP contribution in [0.4, 0.5) is 4.39 Å². The molecule has 1 rings (SSSR count). The molecule has 1 unspecified atom stereocenters. The number of aromatic nitrogens is 1. The summed E-state index contributed by atoms with van der Waals surface area (Å²) in [6.07, 6.45) is 0.964. The fourth-order valence-corrected chi connectivity index (χ4v) is 1.49. The first-order valence-corrected chi connectivity index (χ1v) is 4.90. The van der Waals surface area contributed by atoms with Gasteiger partial charge in [-0.25, -0.2) is 13.6 Å². The molecule has 1 heterocycles. The van der Waals surface area contributed by atoms with Crippen LogP contribution in [0.5, 0.6) is 5.88 Å². The Morgan fingerprint density at radius 1 is 1.75 bits per heavy atom. The summed E-state index contributed by atoms with van der Waals surface area (Å²) >= 11 is 0. The summed E-state index contributed by atoms with van der Waals surface area (Å²) in [4.78, 5) is 3.58. The molecule has 1 atom stereocenters. The summed E-state index contributed by atoms with van der Waals surface area (Å²) in [5, 5.41) is 0. The maximum absolute atomic E-state index is 12.5. The second-order valence-corrected chi connectivity index (χ2v) is 3.61. The molecule has 1 aromatic heterocycles. The van der Waals surface area contributed by atoms with Crippen molar-refractivity contribution in [2.75, 3.05) is 7.11 Å². The highest BCUT2D eigenvalue weighted by atomic mass is 35.7. The van der Waals surface area contributed by atoms with Crippen LogP contribution < -0.4 is 4.74 Å². The van der Waals surface area contributed by atoms with Crippen LogP contribution >= 0.6 is 10.7 Å². The van der Waals surface area contributed by atoms with E-state index in [1.807, 2.05) is 0 Å². The molecule has 3 nitrogen and oxygen atoms in total. The summed E-state index contributed by atoms with van der Waals surface area (Å²) in [6, 6.07) is 1.02. The standard InChI is InChI=1S/C6H5ClFNO2S/c1-11-6-5(12(7)10)2-4(8)3-9-6/h2-3H,1H3. The predicted molar refractivity (Wildman–Crippen MR) is 43.0 cm³/mol. The molecule has 12 heavy (non-hydrogen) atoms. The number of hydrogen-bond acceptors (Lipinski definition) is 3. The zero-order valence-corrected chi connectivity index (χ0v) is 7.66. The van der Waals surface area contributed by atoms with Crippen LogP contribution in [0.1, 0.15) is 0 Å². The van der Waals surface area contributed by atoms with Crippen molar-refractivity contribution in [2.45, 2.75) is 4.90 Å². The van der Waals surface area contributed by atoms with Gasteiger partial charge in [-0.05, 0) is 16.7 Å². The summed E-state index contributed by atoms with van der Waals surface area (Å²) < 4.78 is 28.0. The monoisotopic (exact) mass is 209 g/mol. The average Bonchev–Trinajstić information content (AvgIpc) is 2.04. The lowest BCUT2D eigenvalue weighted by molar-refractivity contribution is 0.384. The maximum atomic E-state index is 12.5. The molecular formula is C6H5ClFNO2S. The van der Waals surface area contributed by atoms with E-state index >= 15 is 0 Å².